The summed E-state index contributed by atoms with van der Waals surface area (Å²) in [4.78, 5) is 13.8. The van der Waals surface area contributed by atoms with Crippen LogP contribution >= 0.6 is 11.6 Å². The molecule has 0 saturated carbocycles. The van der Waals surface area contributed by atoms with Gasteiger partial charge in [-0.15, -0.1) is 0 Å². The number of anilines is 1. The van der Waals surface area contributed by atoms with Gasteiger partial charge in [0.25, 0.3) is 10.0 Å². The molecule has 0 amide bonds. The molecule has 1 aromatic heterocycles. The van der Waals surface area contributed by atoms with Crippen molar-refractivity contribution in [1.29, 1.82) is 0 Å². The van der Waals surface area contributed by atoms with Gasteiger partial charge in [0.05, 0.1) is 22.4 Å². The third-order valence-corrected chi connectivity index (χ3v) is 7.63. The molecule has 0 spiro atoms. The molecule has 0 N–H and O–H groups in total. The minimum atomic E-state index is -4.14. The smallest absolute Gasteiger partial charge is 0.266 e. The fourth-order valence-electron chi connectivity index (χ4n) is 3.91. The van der Waals surface area contributed by atoms with E-state index in [1.165, 1.54) is 24.3 Å². The summed E-state index contributed by atoms with van der Waals surface area (Å²) in [6, 6.07) is 30.9. The maximum absolute atomic E-state index is 14.0. The van der Waals surface area contributed by atoms with Crippen LogP contribution in [0.4, 0.5) is 5.88 Å². The molecular formula is C28H20ClNO4S. The molecule has 5 rings (SSSR count). The molecule has 5 nitrogen and oxygen atoms in total. The van der Waals surface area contributed by atoms with Crippen LogP contribution in [0.5, 0.6) is 0 Å². The zero-order chi connectivity index (χ0) is 24.4. The van der Waals surface area contributed by atoms with Crippen molar-refractivity contribution in [2.75, 3.05) is 4.31 Å². The summed E-state index contributed by atoms with van der Waals surface area (Å²) in [5, 5.41) is 0.791. The van der Waals surface area contributed by atoms with Gasteiger partial charge in [0.1, 0.15) is 5.58 Å². The first-order chi connectivity index (χ1) is 16.9. The van der Waals surface area contributed by atoms with Crippen LogP contribution in [0.2, 0.25) is 5.02 Å². The number of para-hydroxylation sites is 1. The maximum Gasteiger partial charge on any atom is 0.266 e. The van der Waals surface area contributed by atoms with Crippen LogP contribution in [-0.4, -0.2) is 8.42 Å². The van der Waals surface area contributed by atoms with Gasteiger partial charge in [0.15, 0.2) is 0 Å². The Morgan fingerprint density at radius 2 is 1.34 bits per heavy atom. The van der Waals surface area contributed by atoms with Gasteiger partial charge < -0.3 is 4.42 Å². The average molecular weight is 502 g/mol. The standard InChI is InChI=1S/C28H20ClNO4S/c29-22-15-17-23(18-16-22)35(32,33)30(19-20-9-3-1-4-10-20)28-26(21-11-5-2-6-12-21)27(31)24-13-7-8-14-25(24)34-28/h1-18H,19H2. The van der Waals surface area contributed by atoms with Gasteiger partial charge in [0, 0.05) is 5.02 Å². The van der Waals surface area contributed by atoms with Crippen molar-refractivity contribution < 1.29 is 12.8 Å². The number of hydrogen-bond donors (Lipinski definition) is 0. The van der Waals surface area contributed by atoms with Crippen molar-refractivity contribution in [2.24, 2.45) is 0 Å². The first-order valence-corrected chi connectivity index (χ1v) is 12.7. The molecule has 0 atom stereocenters. The molecule has 0 unspecified atom stereocenters. The first kappa shape index (κ1) is 22.9. The molecular weight excluding hydrogens is 482 g/mol. The van der Waals surface area contributed by atoms with Crippen LogP contribution in [0.1, 0.15) is 5.56 Å². The fraction of sp³-hybridized carbons (Fsp3) is 0.0357. The lowest BCUT2D eigenvalue weighted by atomic mass is 10.0. The Balaban J connectivity index is 1.82. The molecule has 0 radical (unpaired) electrons. The van der Waals surface area contributed by atoms with E-state index in [1.807, 2.05) is 36.4 Å². The molecule has 0 saturated heterocycles. The largest absolute Gasteiger partial charge is 0.439 e. The van der Waals surface area contributed by atoms with Crippen LogP contribution in [0.15, 0.2) is 123 Å². The fourth-order valence-corrected chi connectivity index (χ4v) is 5.44. The second-order valence-corrected chi connectivity index (χ2v) is 10.2. The van der Waals surface area contributed by atoms with Gasteiger partial charge >= 0.3 is 0 Å². The van der Waals surface area contributed by atoms with E-state index in [2.05, 4.69) is 0 Å². The molecule has 0 bridgehead atoms. The third-order valence-electron chi connectivity index (χ3n) is 5.64. The minimum Gasteiger partial charge on any atom is -0.439 e. The van der Waals surface area contributed by atoms with E-state index in [9.17, 15) is 13.2 Å². The van der Waals surface area contributed by atoms with Crippen LogP contribution in [0, 0.1) is 0 Å². The normalized spacial score (nSPS) is 11.5. The van der Waals surface area contributed by atoms with Crippen molar-refractivity contribution in [3.8, 4) is 11.1 Å². The summed E-state index contributed by atoms with van der Waals surface area (Å²) in [6.07, 6.45) is 0. The molecule has 7 heteroatoms. The Labute approximate surface area is 207 Å². The molecule has 35 heavy (non-hydrogen) atoms. The topological polar surface area (TPSA) is 67.6 Å². The molecule has 0 fully saturated rings. The van der Waals surface area contributed by atoms with Gasteiger partial charge in [-0.2, -0.15) is 0 Å². The van der Waals surface area contributed by atoms with E-state index in [-0.39, 0.29) is 28.3 Å². The molecule has 4 aromatic carbocycles. The molecule has 0 aliphatic heterocycles. The van der Waals surface area contributed by atoms with Gasteiger partial charge in [-0.25, -0.2) is 12.7 Å². The van der Waals surface area contributed by atoms with E-state index in [1.54, 1.807) is 48.5 Å². The van der Waals surface area contributed by atoms with Gasteiger partial charge in [-0.1, -0.05) is 84.4 Å². The number of halogens is 1. The van der Waals surface area contributed by atoms with Crippen molar-refractivity contribution in [2.45, 2.75) is 11.4 Å². The Bertz CT molecular complexity index is 1650. The van der Waals surface area contributed by atoms with Crippen LogP contribution in [0.3, 0.4) is 0 Å². The van der Waals surface area contributed by atoms with Crippen LogP contribution in [0.25, 0.3) is 22.1 Å². The zero-order valence-electron chi connectivity index (χ0n) is 18.5. The molecule has 1 heterocycles. The monoisotopic (exact) mass is 501 g/mol. The van der Waals surface area contributed by atoms with E-state index in [4.69, 9.17) is 16.0 Å². The zero-order valence-corrected chi connectivity index (χ0v) is 20.0. The minimum absolute atomic E-state index is 0.0348. The van der Waals surface area contributed by atoms with Crippen molar-refractivity contribution >= 4 is 38.5 Å². The average Bonchev–Trinajstić information content (AvgIpc) is 2.88. The number of benzene rings is 4. The lowest BCUT2D eigenvalue weighted by molar-refractivity contribution is 0.566. The van der Waals surface area contributed by atoms with Gasteiger partial charge in [-0.05, 0) is 47.5 Å². The predicted octanol–water partition coefficient (Wildman–Crippen LogP) is 6.51. The molecule has 0 aliphatic rings. The highest BCUT2D eigenvalue weighted by Crippen LogP contribution is 2.36. The number of fused-ring (bicyclic) bond motifs is 1. The number of hydrogen-bond acceptors (Lipinski definition) is 4. The summed E-state index contributed by atoms with van der Waals surface area (Å²) in [5.41, 5.74) is 1.47. The highest BCUT2D eigenvalue weighted by Gasteiger charge is 2.31. The predicted molar refractivity (Wildman–Crippen MR) is 139 cm³/mol. The Kier molecular flexibility index (Phi) is 6.16. The number of nitrogens with zero attached hydrogens (tertiary/aromatic N) is 1. The van der Waals surface area contributed by atoms with E-state index in [0.29, 0.717) is 21.6 Å². The van der Waals surface area contributed by atoms with Crippen molar-refractivity contribution in [3.63, 3.8) is 0 Å². The summed E-state index contributed by atoms with van der Waals surface area (Å²) >= 11 is 6.01. The Hall–Kier alpha value is -3.87. The number of sulfonamides is 1. The second kappa shape index (κ2) is 9.41. The maximum atomic E-state index is 14.0. The third kappa shape index (κ3) is 4.46. The quantitative estimate of drug-likeness (QED) is 0.266. The van der Waals surface area contributed by atoms with E-state index in [0.717, 1.165) is 9.87 Å². The van der Waals surface area contributed by atoms with E-state index < -0.39 is 10.0 Å². The Morgan fingerprint density at radius 1 is 0.743 bits per heavy atom. The summed E-state index contributed by atoms with van der Waals surface area (Å²) in [5.74, 6) is -0.0429. The summed E-state index contributed by atoms with van der Waals surface area (Å²) < 4.78 is 35.4. The van der Waals surface area contributed by atoms with Crippen molar-refractivity contribution in [3.05, 3.63) is 130 Å². The van der Waals surface area contributed by atoms with E-state index >= 15 is 0 Å². The Morgan fingerprint density at radius 3 is 2.03 bits per heavy atom. The first-order valence-electron chi connectivity index (χ1n) is 10.9. The lowest BCUT2D eigenvalue weighted by Gasteiger charge is -2.25. The molecule has 5 aromatic rings. The summed E-state index contributed by atoms with van der Waals surface area (Å²) in [6.45, 7) is -0.0348. The lowest BCUT2D eigenvalue weighted by Crippen LogP contribution is -2.32. The molecule has 0 aliphatic carbocycles. The van der Waals surface area contributed by atoms with Crippen LogP contribution in [-0.2, 0) is 16.6 Å². The van der Waals surface area contributed by atoms with Gasteiger partial charge in [-0.3, -0.25) is 4.79 Å². The summed E-state index contributed by atoms with van der Waals surface area (Å²) in [7, 11) is -4.14. The van der Waals surface area contributed by atoms with Crippen LogP contribution < -0.4 is 9.73 Å². The second-order valence-electron chi connectivity index (χ2n) is 7.92. The molecule has 174 valence electrons. The highest BCUT2D eigenvalue weighted by molar-refractivity contribution is 7.92. The SMILES string of the molecule is O=c1c(-c2ccccc2)c(N(Cc2ccccc2)S(=O)(=O)c2ccc(Cl)cc2)oc2ccccc12. The van der Waals surface area contributed by atoms with Crippen molar-refractivity contribution in [1.82, 2.24) is 0 Å². The van der Waals surface area contributed by atoms with Gasteiger partial charge in [0.2, 0.25) is 11.3 Å². The number of rotatable bonds is 6. The highest BCUT2D eigenvalue weighted by atomic mass is 35.5.